The molecule has 1 aromatic carbocycles. The summed E-state index contributed by atoms with van der Waals surface area (Å²) in [6.07, 6.45) is 3.71. The van der Waals surface area contributed by atoms with E-state index in [9.17, 15) is 9.59 Å². The topological polar surface area (TPSA) is 104 Å². The third-order valence-electron chi connectivity index (χ3n) is 4.54. The molecule has 1 fully saturated rings. The van der Waals surface area contributed by atoms with Gasteiger partial charge in [0.1, 0.15) is 0 Å². The van der Waals surface area contributed by atoms with Crippen molar-refractivity contribution in [2.75, 3.05) is 37.6 Å². The molecule has 0 atom stereocenters. The fourth-order valence-corrected chi connectivity index (χ4v) is 2.95. The molecule has 0 aliphatic carbocycles. The number of aromatic nitrogens is 2. The number of benzene rings is 1. The number of carbonyl (C=O) groups excluding carboxylic acids is 2. The zero-order valence-corrected chi connectivity index (χ0v) is 16.4. The van der Waals surface area contributed by atoms with E-state index in [0.29, 0.717) is 50.8 Å². The van der Waals surface area contributed by atoms with Crippen molar-refractivity contribution in [3.63, 3.8) is 0 Å². The minimum atomic E-state index is -0.183. The molecule has 3 rings (SSSR count). The fraction of sp³-hybridized carbons (Fsp3) is 0.368. The zero-order valence-electron chi connectivity index (χ0n) is 15.6. The van der Waals surface area contributed by atoms with Crippen molar-refractivity contribution in [2.45, 2.75) is 13.0 Å². The van der Waals surface area contributed by atoms with Crippen LogP contribution in [0.2, 0.25) is 0 Å². The molecule has 28 heavy (non-hydrogen) atoms. The number of nitrogens with one attached hydrogen (secondary N) is 1. The summed E-state index contributed by atoms with van der Waals surface area (Å²) in [5.41, 5.74) is 7.09. The summed E-state index contributed by atoms with van der Waals surface area (Å²) < 4.78 is 0. The van der Waals surface area contributed by atoms with E-state index in [2.05, 4.69) is 20.2 Å². The Labute approximate surface area is 170 Å². The Bertz CT molecular complexity index is 764. The summed E-state index contributed by atoms with van der Waals surface area (Å²) in [6.45, 7) is 3.43. The van der Waals surface area contributed by atoms with Crippen LogP contribution in [-0.2, 0) is 11.3 Å². The van der Waals surface area contributed by atoms with Crippen molar-refractivity contribution in [3.05, 3.63) is 53.9 Å². The Kier molecular flexibility index (Phi) is 8.16. The number of piperazine rings is 1. The third kappa shape index (κ3) is 5.64. The number of carbonyl (C=O) groups is 2. The van der Waals surface area contributed by atoms with Gasteiger partial charge in [0.15, 0.2) is 0 Å². The highest BCUT2D eigenvalue weighted by molar-refractivity contribution is 5.94. The summed E-state index contributed by atoms with van der Waals surface area (Å²) >= 11 is 0. The van der Waals surface area contributed by atoms with Crippen LogP contribution < -0.4 is 16.0 Å². The number of hydrogen-bond donors (Lipinski definition) is 2. The number of nitrogens with two attached hydrogens (primary N) is 1. The number of halogens is 1. The van der Waals surface area contributed by atoms with Gasteiger partial charge in [0.05, 0.1) is 0 Å². The molecule has 1 aliphatic heterocycles. The van der Waals surface area contributed by atoms with E-state index >= 15 is 0 Å². The molecule has 0 saturated carbocycles. The number of nitrogens with zero attached hydrogens (tertiary/aromatic N) is 4. The van der Waals surface area contributed by atoms with Crippen molar-refractivity contribution in [3.8, 4) is 0 Å². The monoisotopic (exact) mass is 404 g/mol. The van der Waals surface area contributed by atoms with Crippen molar-refractivity contribution in [1.82, 2.24) is 20.2 Å². The van der Waals surface area contributed by atoms with Crippen LogP contribution in [0.15, 0.2) is 42.7 Å². The lowest BCUT2D eigenvalue weighted by Crippen LogP contribution is -2.49. The molecule has 8 nitrogen and oxygen atoms in total. The van der Waals surface area contributed by atoms with E-state index in [1.54, 1.807) is 30.6 Å². The standard InChI is InChI=1S/C19H24N6O2.ClH/c20-14-15-2-4-16(5-3-15)18(27)21-9-6-17(26)24-10-12-25(13-11-24)19-22-7-1-8-23-19;/h1-5,7-8H,6,9-14,20H2,(H,21,27);1H. The summed E-state index contributed by atoms with van der Waals surface area (Å²) in [7, 11) is 0. The first-order chi connectivity index (χ1) is 13.2. The molecular formula is C19H25ClN6O2. The van der Waals surface area contributed by atoms with Crippen molar-refractivity contribution >= 4 is 30.2 Å². The van der Waals surface area contributed by atoms with Crippen LogP contribution in [0.5, 0.6) is 0 Å². The average Bonchev–Trinajstić information content (AvgIpc) is 2.74. The summed E-state index contributed by atoms with van der Waals surface area (Å²) in [5, 5.41) is 2.79. The smallest absolute Gasteiger partial charge is 0.251 e. The molecule has 1 aliphatic rings. The second kappa shape index (κ2) is 10.6. The summed E-state index contributed by atoms with van der Waals surface area (Å²) in [6, 6.07) is 8.92. The number of hydrogen-bond acceptors (Lipinski definition) is 6. The van der Waals surface area contributed by atoms with Crippen LogP contribution in [-0.4, -0.2) is 59.4 Å². The van der Waals surface area contributed by atoms with Gasteiger partial charge in [-0.1, -0.05) is 12.1 Å². The predicted octanol–water partition coefficient (Wildman–Crippen LogP) is 0.826. The van der Waals surface area contributed by atoms with Crippen molar-refractivity contribution in [1.29, 1.82) is 0 Å². The number of rotatable bonds is 6. The molecule has 2 aromatic rings. The largest absolute Gasteiger partial charge is 0.352 e. The minimum Gasteiger partial charge on any atom is -0.352 e. The molecule has 150 valence electrons. The van der Waals surface area contributed by atoms with Gasteiger partial charge in [-0.2, -0.15) is 0 Å². The van der Waals surface area contributed by atoms with Gasteiger partial charge < -0.3 is 20.9 Å². The molecule has 0 radical (unpaired) electrons. The Hall–Kier alpha value is -2.71. The van der Waals surface area contributed by atoms with E-state index in [1.807, 2.05) is 17.0 Å². The maximum atomic E-state index is 12.4. The van der Waals surface area contributed by atoms with Gasteiger partial charge in [-0.3, -0.25) is 9.59 Å². The highest BCUT2D eigenvalue weighted by Gasteiger charge is 2.22. The van der Waals surface area contributed by atoms with E-state index < -0.39 is 0 Å². The quantitative estimate of drug-likeness (QED) is 0.738. The van der Waals surface area contributed by atoms with Crippen molar-refractivity contribution < 1.29 is 9.59 Å². The van der Waals surface area contributed by atoms with Crippen LogP contribution in [0.4, 0.5) is 5.95 Å². The molecule has 0 spiro atoms. The van der Waals surface area contributed by atoms with E-state index in [0.717, 1.165) is 5.56 Å². The molecular weight excluding hydrogens is 380 g/mol. The molecule has 2 amide bonds. The van der Waals surface area contributed by atoms with Gasteiger partial charge in [-0.05, 0) is 23.8 Å². The Morgan fingerprint density at radius 2 is 1.68 bits per heavy atom. The maximum Gasteiger partial charge on any atom is 0.251 e. The first kappa shape index (κ1) is 21.6. The molecule has 0 unspecified atom stereocenters. The summed E-state index contributed by atoms with van der Waals surface area (Å²) in [4.78, 5) is 36.8. The molecule has 2 heterocycles. The highest BCUT2D eigenvalue weighted by atomic mass is 35.5. The maximum absolute atomic E-state index is 12.4. The van der Waals surface area contributed by atoms with Gasteiger partial charge in [0, 0.05) is 63.6 Å². The highest BCUT2D eigenvalue weighted by Crippen LogP contribution is 2.10. The van der Waals surface area contributed by atoms with E-state index in [4.69, 9.17) is 5.73 Å². The van der Waals surface area contributed by atoms with Crippen LogP contribution in [0.25, 0.3) is 0 Å². The lowest BCUT2D eigenvalue weighted by atomic mass is 10.1. The van der Waals surface area contributed by atoms with Gasteiger partial charge in [0.25, 0.3) is 5.91 Å². The first-order valence-electron chi connectivity index (χ1n) is 9.04. The normalized spacial score (nSPS) is 13.6. The Balaban J connectivity index is 0.00000280. The second-order valence-electron chi connectivity index (χ2n) is 6.32. The fourth-order valence-electron chi connectivity index (χ4n) is 2.95. The number of amides is 2. The van der Waals surface area contributed by atoms with Gasteiger partial charge in [0.2, 0.25) is 11.9 Å². The Morgan fingerprint density at radius 1 is 1.04 bits per heavy atom. The van der Waals surface area contributed by atoms with Crippen molar-refractivity contribution in [2.24, 2.45) is 5.73 Å². The summed E-state index contributed by atoms with van der Waals surface area (Å²) in [5.74, 6) is 0.553. The van der Waals surface area contributed by atoms with Gasteiger partial charge >= 0.3 is 0 Å². The number of anilines is 1. The van der Waals surface area contributed by atoms with Gasteiger partial charge in [-0.25, -0.2) is 9.97 Å². The lowest BCUT2D eigenvalue weighted by Gasteiger charge is -2.34. The predicted molar refractivity (Wildman–Crippen MR) is 109 cm³/mol. The SMILES string of the molecule is Cl.NCc1ccc(C(=O)NCCC(=O)N2CCN(c3ncccn3)CC2)cc1. The molecule has 0 bridgehead atoms. The molecule has 3 N–H and O–H groups in total. The molecule has 1 aromatic heterocycles. The van der Waals surface area contributed by atoms with E-state index in [1.165, 1.54) is 0 Å². The first-order valence-corrected chi connectivity index (χ1v) is 9.04. The van der Waals surface area contributed by atoms with Crippen LogP contribution in [0, 0.1) is 0 Å². The zero-order chi connectivity index (χ0) is 19.1. The third-order valence-corrected chi connectivity index (χ3v) is 4.54. The minimum absolute atomic E-state index is 0. The van der Waals surface area contributed by atoms with Crippen LogP contribution in [0.1, 0.15) is 22.3 Å². The van der Waals surface area contributed by atoms with Gasteiger partial charge in [-0.15, -0.1) is 12.4 Å². The van der Waals surface area contributed by atoms with E-state index in [-0.39, 0.29) is 30.6 Å². The lowest BCUT2D eigenvalue weighted by molar-refractivity contribution is -0.131. The molecule has 9 heteroatoms. The Morgan fingerprint density at radius 3 is 2.29 bits per heavy atom. The molecule has 1 saturated heterocycles. The average molecular weight is 405 g/mol. The van der Waals surface area contributed by atoms with Crippen LogP contribution in [0.3, 0.4) is 0 Å². The second-order valence-corrected chi connectivity index (χ2v) is 6.32. The van der Waals surface area contributed by atoms with Crippen LogP contribution >= 0.6 is 12.4 Å².